The minimum Gasteiger partial charge on any atom is -0.372 e. The van der Waals surface area contributed by atoms with Crippen LogP contribution in [0.1, 0.15) is 74.5 Å². The summed E-state index contributed by atoms with van der Waals surface area (Å²) >= 11 is 1.86. The zero-order valence-electron chi connectivity index (χ0n) is 30.2. The van der Waals surface area contributed by atoms with Crippen molar-refractivity contribution in [2.45, 2.75) is 100 Å². The van der Waals surface area contributed by atoms with E-state index in [1.807, 2.05) is 28.8 Å². The number of amides is 6. The first-order chi connectivity index (χ1) is 25.3. The number of hydrogen-bond donors (Lipinski definition) is 3. The molecule has 6 aliphatic rings. The van der Waals surface area contributed by atoms with Gasteiger partial charge < -0.3 is 25.8 Å². The van der Waals surface area contributed by atoms with E-state index < -0.39 is 5.54 Å². The van der Waals surface area contributed by atoms with Gasteiger partial charge in [0.1, 0.15) is 5.54 Å². The van der Waals surface area contributed by atoms with Gasteiger partial charge in [0.05, 0.1) is 11.6 Å². The second-order valence-corrected chi connectivity index (χ2v) is 16.9. The number of rotatable bonds is 13. The van der Waals surface area contributed by atoms with E-state index in [1.54, 1.807) is 4.90 Å². The van der Waals surface area contributed by atoms with Gasteiger partial charge >= 0.3 is 12.1 Å². The monoisotopic (exact) mass is 727 g/mol. The molecule has 0 bridgehead atoms. The highest BCUT2D eigenvalue weighted by molar-refractivity contribution is 7.99. The largest absolute Gasteiger partial charge is 0.372 e. The summed E-state index contributed by atoms with van der Waals surface area (Å²) in [5.74, 6) is 1.82. The molecule has 0 radical (unpaired) electrons. The molecule has 5 fully saturated rings. The number of thioether (sulfide) groups is 1. The Bertz CT molecular complexity index is 1630. The molecule has 6 amide bonds. The van der Waals surface area contributed by atoms with E-state index in [2.05, 4.69) is 62.1 Å². The second kappa shape index (κ2) is 14.9. The van der Waals surface area contributed by atoms with Crippen molar-refractivity contribution in [1.29, 1.82) is 0 Å². The minimum atomic E-state index is -0.841. The summed E-state index contributed by atoms with van der Waals surface area (Å²) in [4.78, 5) is 61.7. The van der Waals surface area contributed by atoms with E-state index >= 15 is 0 Å². The van der Waals surface area contributed by atoms with E-state index in [1.165, 1.54) is 35.2 Å². The lowest BCUT2D eigenvalue weighted by Gasteiger charge is -2.42. The average Bonchev–Trinajstić information content (AvgIpc) is 3.97. The van der Waals surface area contributed by atoms with Gasteiger partial charge in [-0.1, -0.05) is 42.8 Å². The molecule has 12 heteroatoms. The first-order valence-electron chi connectivity index (χ1n) is 19.6. The normalized spacial score (nSPS) is 25.6. The maximum atomic E-state index is 14.5. The van der Waals surface area contributed by atoms with Crippen molar-refractivity contribution < 1.29 is 19.2 Å². The zero-order valence-corrected chi connectivity index (χ0v) is 31.1. The van der Waals surface area contributed by atoms with Crippen LogP contribution in [-0.4, -0.2) is 113 Å². The maximum absolute atomic E-state index is 14.5. The average molecular weight is 728 g/mol. The van der Waals surface area contributed by atoms with Gasteiger partial charge in [-0.2, -0.15) is 11.8 Å². The topological polar surface area (TPSA) is 117 Å². The molecule has 278 valence electrons. The van der Waals surface area contributed by atoms with Crippen molar-refractivity contribution in [3.05, 3.63) is 65.2 Å². The van der Waals surface area contributed by atoms with Gasteiger partial charge in [-0.25, -0.2) is 9.59 Å². The van der Waals surface area contributed by atoms with E-state index in [0.29, 0.717) is 51.6 Å². The summed E-state index contributed by atoms with van der Waals surface area (Å²) in [6, 6.07) is 17.0. The van der Waals surface area contributed by atoms with Crippen LogP contribution in [0.25, 0.3) is 0 Å². The molecule has 1 spiro atoms. The molecule has 2 unspecified atom stereocenters. The minimum absolute atomic E-state index is 0.00841. The molecule has 3 N–H and O–H groups in total. The number of piperidine rings is 1. The lowest BCUT2D eigenvalue weighted by Crippen LogP contribution is -2.57. The highest BCUT2D eigenvalue weighted by Crippen LogP contribution is 2.41. The van der Waals surface area contributed by atoms with Crippen LogP contribution in [0.15, 0.2) is 48.5 Å². The first kappa shape index (κ1) is 35.3. The Morgan fingerprint density at radius 3 is 2.37 bits per heavy atom. The number of likely N-dealkylation sites (tertiary alicyclic amines) is 1. The number of carbonyl (C=O) groups excluding carboxylic acids is 4. The Morgan fingerprint density at radius 1 is 0.904 bits per heavy atom. The molecule has 2 atom stereocenters. The number of unbranched alkanes of at least 4 members (excludes halogenated alkanes) is 1. The third-order valence-electron chi connectivity index (χ3n) is 12.6. The molecule has 2 aromatic rings. The summed E-state index contributed by atoms with van der Waals surface area (Å²) in [5, 5.41) is 9.23. The molecule has 2 aromatic carbocycles. The van der Waals surface area contributed by atoms with Crippen molar-refractivity contribution in [3.8, 4) is 0 Å². The Balaban J connectivity index is 0.860. The molecule has 1 aliphatic carbocycles. The molecular formula is C40H53N7O4S. The van der Waals surface area contributed by atoms with E-state index in [4.69, 9.17) is 0 Å². The number of anilines is 1. The van der Waals surface area contributed by atoms with Crippen molar-refractivity contribution in [2.75, 3.05) is 55.7 Å². The van der Waals surface area contributed by atoms with Crippen molar-refractivity contribution in [3.63, 3.8) is 0 Å². The molecule has 52 heavy (non-hydrogen) atoms. The van der Waals surface area contributed by atoms with Gasteiger partial charge in [-0.3, -0.25) is 19.4 Å². The van der Waals surface area contributed by atoms with Crippen LogP contribution in [-0.2, 0) is 29.0 Å². The Morgan fingerprint density at radius 2 is 1.63 bits per heavy atom. The molecular weight excluding hydrogens is 675 g/mol. The summed E-state index contributed by atoms with van der Waals surface area (Å²) in [5.41, 5.74) is 3.99. The van der Waals surface area contributed by atoms with Crippen LogP contribution in [0, 0.1) is 0 Å². The van der Waals surface area contributed by atoms with Crippen LogP contribution in [0.3, 0.4) is 0 Å². The molecule has 5 aliphatic heterocycles. The second-order valence-electron chi connectivity index (χ2n) is 15.8. The third-order valence-corrected chi connectivity index (χ3v) is 13.9. The fourth-order valence-electron chi connectivity index (χ4n) is 9.63. The quantitative estimate of drug-likeness (QED) is 0.160. The summed E-state index contributed by atoms with van der Waals surface area (Å²) in [6.45, 7) is 5.50. The van der Waals surface area contributed by atoms with Crippen molar-refractivity contribution in [2.24, 2.45) is 0 Å². The molecule has 5 heterocycles. The maximum Gasteiger partial charge on any atom is 0.327 e. The smallest absolute Gasteiger partial charge is 0.327 e. The van der Waals surface area contributed by atoms with Gasteiger partial charge in [0, 0.05) is 75.5 Å². The lowest BCUT2D eigenvalue weighted by atomic mass is 9.85. The van der Waals surface area contributed by atoms with Crippen LogP contribution in [0.5, 0.6) is 0 Å². The number of fused-ring (bicyclic) bond motifs is 2. The fraction of sp³-hybridized carbons (Fsp3) is 0.600. The first-order valence-corrected chi connectivity index (χ1v) is 20.7. The Hall–Kier alpha value is -3.77. The van der Waals surface area contributed by atoms with Gasteiger partial charge in [-0.15, -0.1) is 0 Å². The number of hydrogen-bond acceptors (Lipinski definition) is 7. The number of nitrogens with zero attached hydrogens (tertiary/aromatic N) is 4. The van der Waals surface area contributed by atoms with E-state index in [-0.39, 0.29) is 41.5 Å². The zero-order chi connectivity index (χ0) is 35.7. The Kier molecular flexibility index (Phi) is 10.1. The molecule has 5 saturated heterocycles. The van der Waals surface area contributed by atoms with E-state index in [0.717, 1.165) is 63.5 Å². The number of imide groups is 1. The summed E-state index contributed by atoms with van der Waals surface area (Å²) in [7, 11) is 0. The van der Waals surface area contributed by atoms with Gasteiger partial charge in [0.2, 0.25) is 5.91 Å². The summed E-state index contributed by atoms with van der Waals surface area (Å²) < 4.78 is 0. The number of carbonyl (C=O) groups is 4. The van der Waals surface area contributed by atoms with E-state index in [9.17, 15) is 19.2 Å². The highest BCUT2D eigenvalue weighted by Gasteiger charge is 2.59. The van der Waals surface area contributed by atoms with Crippen molar-refractivity contribution >= 4 is 41.3 Å². The van der Waals surface area contributed by atoms with Gasteiger partial charge in [0.15, 0.2) is 0 Å². The van der Waals surface area contributed by atoms with Crippen LogP contribution < -0.4 is 20.9 Å². The molecule has 0 aromatic heterocycles. The summed E-state index contributed by atoms with van der Waals surface area (Å²) in [6.07, 6.45) is 8.70. The predicted octanol–water partition coefficient (Wildman–Crippen LogP) is 4.29. The molecule has 8 rings (SSSR count). The molecule has 0 saturated carbocycles. The third kappa shape index (κ3) is 6.88. The van der Waals surface area contributed by atoms with Crippen molar-refractivity contribution in [1.82, 2.24) is 30.7 Å². The predicted molar refractivity (Wildman–Crippen MR) is 203 cm³/mol. The number of urea groups is 2. The SMILES string of the molecule is O=C(CCCCC12CSCC1NC(=O)N2)NCCCN1C(=O)N(C2Cc3ccccc3C2)C(=O)C12CCN(Cc1ccc(N3CCCC3)cc1)CC2. The Labute approximate surface area is 311 Å². The standard InChI is InChI=1S/C40H53N7O4S/c48-35(10-3-4-15-39-28-52-27-34(39)42-37(50)43-39)41-18-7-21-46-38(51)47(33-24-30-8-1-2-9-31(30)25-33)36(49)40(46)16-22-44(23-17-40)26-29-11-13-32(14-12-29)45-19-5-6-20-45/h1-2,8-9,11-14,33-34H,3-7,10,15-28H2,(H,41,48)(H2,42,43,50). The van der Waals surface area contributed by atoms with Crippen LogP contribution >= 0.6 is 11.8 Å². The van der Waals surface area contributed by atoms with Crippen LogP contribution in [0.2, 0.25) is 0 Å². The lowest BCUT2D eigenvalue weighted by molar-refractivity contribution is -0.137. The van der Waals surface area contributed by atoms with Crippen LogP contribution in [0.4, 0.5) is 15.3 Å². The fourth-order valence-corrected chi connectivity index (χ4v) is 11.2. The number of benzene rings is 2. The molecule has 11 nitrogen and oxygen atoms in total. The van der Waals surface area contributed by atoms with Gasteiger partial charge in [-0.05, 0) is 86.6 Å². The number of nitrogens with one attached hydrogen (secondary N) is 3. The van der Waals surface area contributed by atoms with Gasteiger partial charge in [0.25, 0.3) is 5.91 Å². The highest BCUT2D eigenvalue weighted by atomic mass is 32.2.